The smallest absolute Gasteiger partial charge is 0.317 e. The first-order valence-electron chi connectivity index (χ1n) is 11.3. The van der Waals surface area contributed by atoms with Gasteiger partial charge < -0.3 is 15.2 Å². The number of amides is 2. The summed E-state index contributed by atoms with van der Waals surface area (Å²) >= 11 is 0. The van der Waals surface area contributed by atoms with Crippen LogP contribution >= 0.6 is 0 Å². The molecule has 4 rings (SSSR count). The molecule has 2 N–H and O–H groups in total. The number of aromatic nitrogens is 2. The summed E-state index contributed by atoms with van der Waals surface area (Å²) in [6.07, 6.45) is 10.2. The van der Waals surface area contributed by atoms with Crippen LogP contribution in [0.4, 0.5) is 4.79 Å². The molecule has 0 spiro atoms. The van der Waals surface area contributed by atoms with Gasteiger partial charge in [-0.15, -0.1) is 0 Å². The maximum Gasteiger partial charge on any atom is 0.317 e. The van der Waals surface area contributed by atoms with E-state index in [0.29, 0.717) is 12.5 Å². The van der Waals surface area contributed by atoms with Crippen LogP contribution in [0.5, 0.6) is 0 Å². The average molecular weight is 424 g/mol. The molecule has 7 nitrogen and oxygen atoms in total. The highest BCUT2D eigenvalue weighted by atomic mass is 16.2. The van der Waals surface area contributed by atoms with Gasteiger partial charge in [-0.05, 0) is 66.5 Å². The van der Waals surface area contributed by atoms with Gasteiger partial charge in [-0.3, -0.25) is 4.98 Å². The number of nitrogens with one attached hydrogen (secondary N) is 2. The number of aromatic amines is 1. The molecule has 3 heterocycles. The minimum Gasteiger partial charge on any atom is -0.360 e. The number of H-pyrrole nitrogens is 1. The van der Waals surface area contributed by atoms with Gasteiger partial charge in [0.15, 0.2) is 0 Å². The summed E-state index contributed by atoms with van der Waals surface area (Å²) in [7, 11) is 0. The van der Waals surface area contributed by atoms with Gasteiger partial charge in [0.2, 0.25) is 6.08 Å². The lowest BCUT2D eigenvalue weighted by atomic mass is 9.63. The fourth-order valence-electron chi connectivity index (χ4n) is 5.96. The standard InChI is InChI=1S/C24H33N5O2/c1-23(2)11-18(28-16-30)12-24(3,14-23)15-27-22(31)29-9-6-17(7-10-29)19-13-26-20-5-4-8-25-21(19)20/h4-5,8,13,17-18,26H,6-7,9-12,14-15H2,1-3H3,(H,27,31). The van der Waals surface area contributed by atoms with Gasteiger partial charge in [0.25, 0.3) is 0 Å². The molecule has 2 aromatic rings. The monoisotopic (exact) mass is 423 g/mol. The third-order valence-electron chi connectivity index (χ3n) is 7.01. The Morgan fingerprint density at radius 1 is 1.32 bits per heavy atom. The summed E-state index contributed by atoms with van der Waals surface area (Å²) in [6, 6.07) is 3.99. The van der Waals surface area contributed by atoms with E-state index in [1.807, 2.05) is 23.2 Å². The molecule has 2 unspecified atom stereocenters. The summed E-state index contributed by atoms with van der Waals surface area (Å²) in [5.74, 6) is 0.423. The first-order valence-corrected chi connectivity index (χ1v) is 11.3. The molecule has 2 aliphatic rings. The Kier molecular flexibility index (Phi) is 5.89. The van der Waals surface area contributed by atoms with E-state index in [9.17, 15) is 9.59 Å². The fourth-order valence-corrected chi connectivity index (χ4v) is 5.96. The predicted octanol–water partition coefficient (Wildman–Crippen LogP) is 4.37. The number of fused-ring (bicyclic) bond motifs is 1. The summed E-state index contributed by atoms with van der Waals surface area (Å²) in [5.41, 5.74) is 3.39. The fraction of sp³-hybridized carbons (Fsp3) is 0.625. The molecule has 0 radical (unpaired) electrons. The second-order valence-electron chi connectivity index (χ2n) is 10.5. The molecule has 2 fully saturated rings. The maximum absolute atomic E-state index is 12.9. The van der Waals surface area contributed by atoms with Crippen molar-refractivity contribution in [1.82, 2.24) is 20.2 Å². The summed E-state index contributed by atoms with van der Waals surface area (Å²) in [5, 5.41) is 3.17. The number of urea groups is 1. The lowest BCUT2D eigenvalue weighted by Gasteiger charge is -2.45. The molecule has 1 saturated heterocycles. The molecule has 1 aliphatic heterocycles. The summed E-state index contributed by atoms with van der Waals surface area (Å²) in [4.78, 5) is 37.4. The maximum atomic E-state index is 12.9. The Morgan fingerprint density at radius 2 is 2.10 bits per heavy atom. The normalized spacial score (nSPS) is 26.4. The van der Waals surface area contributed by atoms with Crippen LogP contribution in [-0.2, 0) is 4.79 Å². The van der Waals surface area contributed by atoms with Crippen molar-refractivity contribution in [2.45, 2.75) is 64.8 Å². The molecule has 31 heavy (non-hydrogen) atoms. The van der Waals surface area contributed by atoms with Crippen LogP contribution in [0.1, 0.15) is 64.4 Å². The van der Waals surface area contributed by atoms with Crippen molar-refractivity contribution < 1.29 is 9.59 Å². The van der Waals surface area contributed by atoms with E-state index in [0.717, 1.165) is 56.2 Å². The van der Waals surface area contributed by atoms with Crippen LogP contribution < -0.4 is 5.32 Å². The van der Waals surface area contributed by atoms with Crippen molar-refractivity contribution >= 4 is 23.1 Å². The zero-order valence-corrected chi connectivity index (χ0v) is 18.8. The first kappa shape index (κ1) is 21.6. The van der Waals surface area contributed by atoms with Crippen LogP contribution in [0.15, 0.2) is 29.5 Å². The third-order valence-corrected chi connectivity index (χ3v) is 7.01. The second-order valence-corrected chi connectivity index (χ2v) is 10.5. The summed E-state index contributed by atoms with van der Waals surface area (Å²) < 4.78 is 0. The first-order chi connectivity index (χ1) is 14.8. The van der Waals surface area contributed by atoms with E-state index in [4.69, 9.17) is 0 Å². The second kappa shape index (κ2) is 8.46. The molecular formula is C24H33N5O2. The number of likely N-dealkylation sites (tertiary alicyclic amines) is 1. The molecule has 166 valence electrons. The molecule has 2 aromatic heterocycles. The van der Waals surface area contributed by atoms with Crippen molar-refractivity contribution in [3.63, 3.8) is 0 Å². The summed E-state index contributed by atoms with van der Waals surface area (Å²) in [6.45, 7) is 8.71. The van der Waals surface area contributed by atoms with Crippen LogP contribution in [0, 0.1) is 10.8 Å². The molecule has 2 amide bonds. The van der Waals surface area contributed by atoms with E-state index in [-0.39, 0.29) is 22.9 Å². The van der Waals surface area contributed by atoms with Gasteiger partial charge >= 0.3 is 6.03 Å². The minimum absolute atomic E-state index is 0.00976. The molecule has 7 heteroatoms. The van der Waals surface area contributed by atoms with Gasteiger partial charge in [-0.25, -0.2) is 14.6 Å². The Hall–Kier alpha value is -2.66. The van der Waals surface area contributed by atoms with E-state index in [1.165, 1.54) is 5.56 Å². The van der Waals surface area contributed by atoms with Crippen molar-refractivity contribution in [3.05, 3.63) is 30.1 Å². The van der Waals surface area contributed by atoms with E-state index in [1.54, 1.807) is 6.08 Å². The van der Waals surface area contributed by atoms with E-state index >= 15 is 0 Å². The van der Waals surface area contributed by atoms with Gasteiger partial charge in [0.05, 0.1) is 17.1 Å². The van der Waals surface area contributed by atoms with Crippen LogP contribution in [-0.4, -0.2) is 52.7 Å². The number of isocyanates is 1. The predicted molar refractivity (Wildman–Crippen MR) is 121 cm³/mol. The zero-order valence-electron chi connectivity index (χ0n) is 18.8. The number of nitrogens with zero attached hydrogens (tertiary/aromatic N) is 3. The quantitative estimate of drug-likeness (QED) is 0.565. The molecule has 2 atom stereocenters. The highest BCUT2D eigenvalue weighted by molar-refractivity contribution is 5.79. The van der Waals surface area contributed by atoms with E-state index in [2.05, 4.69) is 47.2 Å². The van der Waals surface area contributed by atoms with Crippen molar-refractivity contribution in [2.24, 2.45) is 15.8 Å². The highest BCUT2D eigenvalue weighted by Crippen LogP contribution is 2.46. The van der Waals surface area contributed by atoms with Gasteiger partial charge in [0, 0.05) is 32.0 Å². The largest absolute Gasteiger partial charge is 0.360 e. The Bertz CT molecular complexity index is 985. The number of hydrogen-bond acceptors (Lipinski definition) is 4. The molecule has 0 bridgehead atoms. The molecular weight excluding hydrogens is 390 g/mol. The number of pyridine rings is 1. The average Bonchev–Trinajstić information content (AvgIpc) is 3.15. The van der Waals surface area contributed by atoms with Crippen molar-refractivity contribution in [1.29, 1.82) is 0 Å². The topological polar surface area (TPSA) is 90.5 Å². The van der Waals surface area contributed by atoms with Crippen LogP contribution in [0.3, 0.4) is 0 Å². The van der Waals surface area contributed by atoms with Crippen LogP contribution in [0.25, 0.3) is 11.0 Å². The number of rotatable bonds is 4. The number of aliphatic imine (C=N–C) groups is 1. The lowest BCUT2D eigenvalue weighted by molar-refractivity contribution is 0.0825. The van der Waals surface area contributed by atoms with E-state index < -0.39 is 0 Å². The zero-order chi connectivity index (χ0) is 22.1. The van der Waals surface area contributed by atoms with Gasteiger partial charge in [0.1, 0.15) is 0 Å². The Morgan fingerprint density at radius 3 is 2.84 bits per heavy atom. The van der Waals surface area contributed by atoms with Gasteiger partial charge in [-0.1, -0.05) is 20.8 Å². The van der Waals surface area contributed by atoms with Crippen molar-refractivity contribution in [3.8, 4) is 0 Å². The molecule has 0 aromatic carbocycles. The minimum atomic E-state index is -0.0730. The third kappa shape index (κ3) is 4.82. The number of carbonyl (C=O) groups excluding carboxylic acids is 2. The number of carbonyl (C=O) groups is 1. The molecule has 1 saturated carbocycles. The number of hydrogen-bond donors (Lipinski definition) is 2. The number of piperidine rings is 1. The highest BCUT2D eigenvalue weighted by Gasteiger charge is 2.41. The Balaban J connectivity index is 1.32. The SMILES string of the molecule is CC1(C)CC(N=C=O)CC(C)(CNC(=O)N2CCC(c3c[nH]c4cccnc34)CC2)C1. The Labute approximate surface area is 183 Å². The van der Waals surface area contributed by atoms with Crippen LogP contribution in [0.2, 0.25) is 0 Å². The molecule has 1 aliphatic carbocycles. The lowest BCUT2D eigenvalue weighted by Crippen LogP contribution is -2.49. The van der Waals surface area contributed by atoms with Gasteiger partial charge in [-0.2, -0.15) is 0 Å². The van der Waals surface area contributed by atoms with Crippen molar-refractivity contribution in [2.75, 3.05) is 19.6 Å².